The summed E-state index contributed by atoms with van der Waals surface area (Å²) in [5.74, 6) is 0. The fraction of sp³-hybridized carbons (Fsp3) is 0. The number of hydrogen-bond donors (Lipinski definition) is 2. The van der Waals surface area contributed by atoms with E-state index >= 15 is 0 Å². The molecule has 32 valence electrons. The van der Waals surface area contributed by atoms with Gasteiger partial charge in [0.05, 0.1) is 0 Å². The fourth-order valence-corrected chi connectivity index (χ4v) is 0. The molecule has 0 aromatic rings. The summed E-state index contributed by atoms with van der Waals surface area (Å²) in [5.41, 5.74) is 0. The summed E-state index contributed by atoms with van der Waals surface area (Å²) in [5, 5.41) is 0. The van der Waals surface area contributed by atoms with Crippen LogP contribution in [0, 0.1) is 0 Å². The maximum atomic E-state index is 7.79. The van der Waals surface area contributed by atoms with E-state index in [0.29, 0.717) is 23.4 Å². The van der Waals surface area contributed by atoms with Gasteiger partial charge in [-0.2, -0.15) is 0 Å². The zero-order valence-electron chi connectivity index (χ0n) is 2.33. The van der Waals surface area contributed by atoms with E-state index in [0.717, 1.165) is 0 Å². The van der Waals surface area contributed by atoms with Crippen molar-refractivity contribution in [3.8, 4) is 0 Å². The van der Waals surface area contributed by atoms with Crippen LogP contribution in [0.1, 0.15) is 0 Å². The van der Waals surface area contributed by atoms with Crippen molar-refractivity contribution in [1.29, 1.82) is 0 Å². The topological polar surface area (TPSA) is 49.7 Å². The van der Waals surface area contributed by atoms with Gasteiger partial charge in [0.15, 0.2) is 0 Å². The molecule has 0 spiro atoms. The van der Waals surface area contributed by atoms with Crippen LogP contribution < -0.4 is 0 Å². The molecule has 0 aliphatic heterocycles. The van der Waals surface area contributed by atoms with E-state index in [1.54, 1.807) is 0 Å². The zero-order chi connectivity index (χ0) is 4.28. The van der Waals surface area contributed by atoms with Gasteiger partial charge in [0.2, 0.25) is 0 Å². The molecule has 0 aliphatic rings. The molecule has 0 fully saturated rings. The summed E-state index contributed by atoms with van der Waals surface area (Å²) >= 11 is 0.455. The number of hydrogen-bond acceptors (Lipinski definition) is 3. The van der Waals surface area contributed by atoms with Crippen molar-refractivity contribution in [2.75, 3.05) is 0 Å². The molecule has 0 unspecified atom stereocenters. The molecule has 0 heterocycles. The molecule has 0 atom stereocenters. The minimum absolute atomic E-state index is 0.455. The minimum atomic E-state index is -2.04. The Hall–Kier alpha value is 1.13. The van der Waals surface area contributed by atoms with Crippen molar-refractivity contribution < 1.29 is 12.6 Å². The molecule has 5 heteroatoms. The Bertz CT molecular complexity index is 20.9. The van der Waals surface area contributed by atoms with Gasteiger partial charge in [0.25, 0.3) is 0 Å². The van der Waals surface area contributed by atoms with Gasteiger partial charge < -0.3 is 0 Å². The standard InChI is InChI=1S/H2O3P.Sb.2H/c1-4(2)3;;;/h1-2H;;;/q-1;+1;;. The molecule has 0 saturated heterocycles. The van der Waals surface area contributed by atoms with Crippen LogP contribution in [0.4, 0.5) is 0 Å². The first-order chi connectivity index (χ1) is 2.27. The van der Waals surface area contributed by atoms with Crippen LogP contribution in [0.25, 0.3) is 0 Å². The van der Waals surface area contributed by atoms with Gasteiger partial charge in [-0.05, 0) is 0 Å². The second-order valence-corrected chi connectivity index (χ2v) is 2.88. The Kier molecular flexibility index (Phi) is 4.07. The number of rotatable bonds is 1. The molecule has 0 amide bonds. The van der Waals surface area contributed by atoms with Gasteiger partial charge in [-0.25, -0.2) is 0 Å². The molecule has 0 aromatic heterocycles. The van der Waals surface area contributed by atoms with E-state index in [1.807, 2.05) is 0 Å². The van der Waals surface area contributed by atoms with Crippen LogP contribution in [0.5, 0.6) is 0 Å². The van der Waals surface area contributed by atoms with Crippen LogP contribution in [-0.2, 0) is 2.80 Å². The van der Waals surface area contributed by atoms with Crippen LogP contribution in [0.15, 0.2) is 0 Å². The second kappa shape index (κ2) is 3.32. The Labute approximate surface area is 45.0 Å². The summed E-state index contributed by atoms with van der Waals surface area (Å²) < 4.78 is 4.06. The average Bonchev–Trinajstić information content (AvgIpc) is 1.38. The second-order valence-electron chi connectivity index (χ2n) is 0.358. The summed E-state index contributed by atoms with van der Waals surface area (Å²) in [6.07, 6.45) is 0. The quantitative estimate of drug-likeness (QED) is 0.415. The Morgan fingerprint density at radius 3 is 1.80 bits per heavy atom. The molecule has 0 aromatic carbocycles. The van der Waals surface area contributed by atoms with Gasteiger partial charge in [0.1, 0.15) is 0 Å². The first kappa shape index (κ1) is 6.13. The van der Waals surface area contributed by atoms with Gasteiger partial charge in [0, 0.05) is 0 Å². The van der Waals surface area contributed by atoms with E-state index in [4.69, 9.17) is 9.79 Å². The van der Waals surface area contributed by atoms with Crippen LogP contribution in [0.3, 0.4) is 0 Å². The molecular formula is H4O3PSb. The normalized spacial score (nSPS) is 9.60. The van der Waals surface area contributed by atoms with E-state index in [1.165, 1.54) is 0 Å². The Balaban J connectivity index is 2.54. The summed E-state index contributed by atoms with van der Waals surface area (Å²) in [7, 11) is -2.04. The summed E-state index contributed by atoms with van der Waals surface area (Å²) in [6, 6.07) is 0. The van der Waals surface area contributed by atoms with E-state index in [2.05, 4.69) is 2.80 Å². The van der Waals surface area contributed by atoms with E-state index < -0.39 is 8.60 Å². The van der Waals surface area contributed by atoms with Crippen molar-refractivity contribution in [2.24, 2.45) is 0 Å². The van der Waals surface area contributed by atoms with Gasteiger partial charge >= 0.3 is 44.6 Å². The van der Waals surface area contributed by atoms with Crippen molar-refractivity contribution in [3.63, 3.8) is 0 Å². The predicted molar refractivity (Wildman–Crippen MR) is 21.0 cm³/mol. The SMILES string of the molecule is OP(O)[O][SbH2]. The average molecular weight is 205 g/mol. The van der Waals surface area contributed by atoms with E-state index in [-0.39, 0.29) is 0 Å². The van der Waals surface area contributed by atoms with Crippen molar-refractivity contribution in [2.45, 2.75) is 0 Å². The maximum absolute atomic E-state index is 7.79. The van der Waals surface area contributed by atoms with Crippen LogP contribution in [0.2, 0.25) is 0 Å². The van der Waals surface area contributed by atoms with Crippen molar-refractivity contribution in [1.82, 2.24) is 0 Å². The third kappa shape index (κ3) is 5.13. The fourth-order valence-electron chi connectivity index (χ4n) is 0. The Morgan fingerprint density at radius 1 is 1.60 bits per heavy atom. The summed E-state index contributed by atoms with van der Waals surface area (Å²) in [6.45, 7) is 0. The first-order valence-corrected chi connectivity index (χ1v) is 3.33. The summed E-state index contributed by atoms with van der Waals surface area (Å²) in [4.78, 5) is 15.6. The molecule has 3 nitrogen and oxygen atoms in total. The van der Waals surface area contributed by atoms with Gasteiger partial charge in [-0.1, -0.05) is 0 Å². The van der Waals surface area contributed by atoms with Crippen LogP contribution >= 0.6 is 8.60 Å². The predicted octanol–water partition coefficient (Wildman–Crippen LogP) is -1.24. The molecule has 0 radical (unpaired) electrons. The molecule has 0 bridgehead atoms. The van der Waals surface area contributed by atoms with Crippen molar-refractivity contribution in [3.05, 3.63) is 0 Å². The van der Waals surface area contributed by atoms with Crippen LogP contribution in [-0.4, -0.2) is 33.2 Å². The molecule has 0 aliphatic carbocycles. The molecule has 5 heavy (non-hydrogen) atoms. The zero-order valence-corrected chi connectivity index (χ0v) is 6.52. The third-order valence-electron chi connectivity index (χ3n) is 0.0943. The van der Waals surface area contributed by atoms with E-state index in [9.17, 15) is 0 Å². The molecule has 0 saturated carbocycles. The third-order valence-corrected chi connectivity index (χ3v) is 1.90. The Morgan fingerprint density at radius 2 is 1.80 bits per heavy atom. The first-order valence-electron chi connectivity index (χ1n) is 0.818. The van der Waals surface area contributed by atoms with Gasteiger partial charge in [-0.3, -0.25) is 0 Å². The molecular weight excluding hydrogens is 201 g/mol. The van der Waals surface area contributed by atoms with Crippen molar-refractivity contribution >= 4 is 32.0 Å². The molecule has 0 rings (SSSR count). The molecule has 2 N–H and O–H groups in total. The monoisotopic (exact) mass is 204 g/mol. The van der Waals surface area contributed by atoms with Gasteiger partial charge in [-0.15, -0.1) is 0 Å².